The Labute approximate surface area is 88.9 Å². The number of carbonyl (C=O) groups is 1. The molecule has 4 heteroatoms. The molecule has 1 heterocycles. The van der Waals surface area contributed by atoms with Gasteiger partial charge in [0.1, 0.15) is 12.4 Å². The number of hydrogen-bond acceptors (Lipinski definition) is 3. The summed E-state index contributed by atoms with van der Waals surface area (Å²) in [6.45, 7) is 9.55. The van der Waals surface area contributed by atoms with Crippen molar-refractivity contribution in [1.82, 2.24) is 9.55 Å². The first-order chi connectivity index (χ1) is 7.15. The number of hydrogen-bond donors (Lipinski definition) is 0. The molecule has 0 N–H and O–H groups in total. The van der Waals surface area contributed by atoms with Gasteiger partial charge in [-0.2, -0.15) is 0 Å². The van der Waals surface area contributed by atoms with Crippen LogP contribution in [0.5, 0.6) is 0 Å². The highest BCUT2D eigenvalue weighted by atomic mass is 16.5. The number of aromatic nitrogens is 2. The lowest BCUT2D eigenvalue weighted by atomic mass is 10.4. The van der Waals surface area contributed by atoms with Crippen LogP contribution < -0.4 is 0 Å². The first-order valence-electron chi connectivity index (χ1n) is 4.58. The highest BCUT2D eigenvalue weighted by Gasteiger charge is 2.06. The third-order valence-electron chi connectivity index (χ3n) is 1.81. The summed E-state index contributed by atoms with van der Waals surface area (Å²) in [4.78, 5) is 15.2. The average molecular weight is 206 g/mol. The topological polar surface area (TPSA) is 44.1 Å². The third kappa shape index (κ3) is 3.09. The molecular weight excluding hydrogens is 192 g/mol. The van der Waals surface area contributed by atoms with E-state index in [0.717, 1.165) is 0 Å². The Morgan fingerprint density at radius 3 is 3.07 bits per heavy atom. The van der Waals surface area contributed by atoms with Crippen molar-refractivity contribution < 1.29 is 9.53 Å². The average Bonchev–Trinajstić information content (AvgIpc) is 2.62. The molecule has 0 bridgehead atoms. The molecule has 0 unspecified atom stereocenters. The van der Waals surface area contributed by atoms with Crippen LogP contribution in [0.2, 0.25) is 0 Å². The van der Waals surface area contributed by atoms with Gasteiger partial charge in [0, 0.05) is 24.5 Å². The molecule has 0 aliphatic rings. The van der Waals surface area contributed by atoms with Crippen LogP contribution in [0.15, 0.2) is 37.2 Å². The molecule has 0 aliphatic carbocycles. The summed E-state index contributed by atoms with van der Waals surface area (Å²) >= 11 is 0. The zero-order valence-corrected chi connectivity index (χ0v) is 8.77. The smallest absolute Gasteiger partial charge is 0.333 e. The molecule has 1 aromatic rings. The van der Waals surface area contributed by atoms with Crippen molar-refractivity contribution in [3.63, 3.8) is 0 Å². The lowest BCUT2D eigenvalue weighted by Crippen LogP contribution is -2.09. The molecule has 4 nitrogen and oxygen atoms in total. The number of rotatable bonds is 5. The summed E-state index contributed by atoms with van der Waals surface area (Å²) in [5, 5.41) is 0. The minimum absolute atomic E-state index is 0.159. The normalized spacial score (nSPS) is 9.67. The number of carbonyl (C=O) groups excluding carboxylic acids is 1. The number of allylic oxidation sites excluding steroid dienone is 1. The minimum Gasteiger partial charge on any atom is -0.454 e. The fraction of sp³-hybridized carbons (Fsp3) is 0.273. The fourth-order valence-electron chi connectivity index (χ4n) is 1.04. The predicted molar refractivity (Wildman–Crippen MR) is 57.0 cm³/mol. The molecule has 0 amide bonds. The van der Waals surface area contributed by atoms with Crippen LogP contribution in [-0.4, -0.2) is 15.5 Å². The molecule has 0 atom stereocenters. The minimum atomic E-state index is -0.400. The Morgan fingerprint density at radius 1 is 1.73 bits per heavy atom. The molecule has 0 aromatic carbocycles. The van der Waals surface area contributed by atoms with Gasteiger partial charge < -0.3 is 9.30 Å². The third-order valence-corrected chi connectivity index (χ3v) is 1.81. The number of imidazole rings is 1. The molecule has 0 aliphatic heterocycles. The molecule has 15 heavy (non-hydrogen) atoms. The van der Waals surface area contributed by atoms with Crippen molar-refractivity contribution in [3.05, 3.63) is 43.0 Å². The Kier molecular flexibility index (Phi) is 3.85. The number of esters is 1. The second-order valence-corrected chi connectivity index (χ2v) is 3.14. The van der Waals surface area contributed by atoms with Crippen molar-refractivity contribution >= 4 is 5.97 Å². The molecule has 80 valence electrons. The van der Waals surface area contributed by atoms with E-state index in [9.17, 15) is 4.79 Å². The van der Waals surface area contributed by atoms with E-state index in [1.807, 2.05) is 10.8 Å². The molecule has 1 rings (SSSR count). The summed E-state index contributed by atoms with van der Waals surface area (Å²) in [7, 11) is 0. The van der Waals surface area contributed by atoms with Gasteiger partial charge in [-0.1, -0.05) is 12.7 Å². The zero-order valence-electron chi connectivity index (χ0n) is 8.77. The van der Waals surface area contributed by atoms with Crippen LogP contribution in [0.4, 0.5) is 0 Å². The molecular formula is C11H14N2O2. The van der Waals surface area contributed by atoms with Gasteiger partial charge in [-0.3, -0.25) is 0 Å². The van der Waals surface area contributed by atoms with Gasteiger partial charge in [-0.25, -0.2) is 9.78 Å². The quantitative estimate of drug-likeness (QED) is 0.418. The maximum atomic E-state index is 11.1. The summed E-state index contributed by atoms with van der Waals surface area (Å²) in [6, 6.07) is 0. The maximum absolute atomic E-state index is 11.1. The van der Waals surface area contributed by atoms with Gasteiger partial charge in [0.25, 0.3) is 0 Å². The van der Waals surface area contributed by atoms with E-state index >= 15 is 0 Å². The van der Waals surface area contributed by atoms with E-state index in [1.54, 1.807) is 19.2 Å². The molecule has 1 aromatic heterocycles. The van der Waals surface area contributed by atoms with Gasteiger partial charge in [0.05, 0.1) is 0 Å². The van der Waals surface area contributed by atoms with Crippen molar-refractivity contribution in [2.45, 2.75) is 20.1 Å². The molecule has 0 spiro atoms. The van der Waals surface area contributed by atoms with Gasteiger partial charge in [0.2, 0.25) is 0 Å². The Hall–Kier alpha value is -1.84. The Bertz CT molecular complexity index is 380. The van der Waals surface area contributed by atoms with Gasteiger partial charge >= 0.3 is 5.97 Å². The van der Waals surface area contributed by atoms with E-state index < -0.39 is 5.97 Å². The number of ether oxygens (including phenoxy) is 1. The van der Waals surface area contributed by atoms with Crippen LogP contribution in [0, 0.1) is 0 Å². The van der Waals surface area contributed by atoms with E-state index in [4.69, 9.17) is 4.74 Å². The SMILES string of the molecule is C=CCn1ccnc1COC(=O)C(=C)C. The monoisotopic (exact) mass is 206 g/mol. The molecule has 0 saturated heterocycles. The van der Waals surface area contributed by atoms with Crippen molar-refractivity contribution in [3.8, 4) is 0 Å². The Morgan fingerprint density at radius 2 is 2.47 bits per heavy atom. The van der Waals surface area contributed by atoms with E-state index in [1.165, 1.54) is 0 Å². The highest BCUT2D eigenvalue weighted by Crippen LogP contribution is 2.02. The zero-order chi connectivity index (χ0) is 11.3. The van der Waals surface area contributed by atoms with Crippen molar-refractivity contribution in [1.29, 1.82) is 0 Å². The van der Waals surface area contributed by atoms with Gasteiger partial charge in [0.15, 0.2) is 0 Å². The maximum Gasteiger partial charge on any atom is 0.333 e. The summed E-state index contributed by atoms with van der Waals surface area (Å²) in [6.07, 6.45) is 5.23. The summed E-state index contributed by atoms with van der Waals surface area (Å²) < 4.78 is 6.84. The van der Waals surface area contributed by atoms with Crippen LogP contribution >= 0.6 is 0 Å². The predicted octanol–water partition coefficient (Wildman–Crippen LogP) is 1.69. The van der Waals surface area contributed by atoms with Crippen molar-refractivity contribution in [2.24, 2.45) is 0 Å². The summed E-state index contributed by atoms with van der Waals surface area (Å²) in [5.74, 6) is 0.299. The van der Waals surface area contributed by atoms with Crippen LogP contribution in [-0.2, 0) is 22.7 Å². The standard InChI is InChI=1S/C11H14N2O2/c1-4-6-13-7-5-12-10(13)8-15-11(14)9(2)3/h4-5,7H,1-2,6,8H2,3H3. The van der Waals surface area contributed by atoms with Gasteiger partial charge in [-0.15, -0.1) is 6.58 Å². The van der Waals surface area contributed by atoms with E-state index in [2.05, 4.69) is 18.1 Å². The fourth-order valence-corrected chi connectivity index (χ4v) is 1.04. The van der Waals surface area contributed by atoms with Crippen LogP contribution in [0.1, 0.15) is 12.7 Å². The lowest BCUT2D eigenvalue weighted by Gasteiger charge is -2.06. The lowest BCUT2D eigenvalue weighted by molar-refractivity contribution is -0.140. The molecule has 0 fully saturated rings. The second-order valence-electron chi connectivity index (χ2n) is 3.14. The second kappa shape index (κ2) is 5.14. The molecule has 0 saturated carbocycles. The van der Waals surface area contributed by atoms with E-state index in [-0.39, 0.29) is 6.61 Å². The first-order valence-corrected chi connectivity index (χ1v) is 4.58. The van der Waals surface area contributed by atoms with Crippen LogP contribution in [0.3, 0.4) is 0 Å². The number of nitrogens with zero attached hydrogens (tertiary/aromatic N) is 2. The summed E-state index contributed by atoms with van der Waals surface area (Å²) in [5.41, 5.74) is 0.386. The van der Waals surface area contributed by atoms with Crippen molar-refractivity contribution in [2.75, 3.05) is 0 Å². The largest absolute Gasteiger partial charge is 0.454 e. The first kappa shape index (κ1) is 11.2. The van der Waals surface area contributed by atoms with Gasteiger partial charge in [-0.05, 0) is 6.92 Å². The molecule has 0 radical (unpaired) electrons. The van der Waals surface area contributed by atoms with Crippen LogP contribution in [0.25, 0.3) is 0 Å². The Balaban J connectivity index is 2.57. The van der Waals surface area contributed by atoms with E-state index in [0.29, 0.717) is 17.9 Å². The highest BCUT2D eigenvalue weighted by molar-refractivity contribution is 5.86.